The lowest BCUT2D eigenvalue weighted by molar-refractivity contribution is -0.118. The SMILES string of the molecule is Cc1cc(NC(=O)CSCC(=O)NCc2ccccc2COC(C)C)no1. The molecular formula is C19H25N3O4S. The first-order chi connectivity index (χ1) is 12.9. The van der Waals surface area contributed by atoms with Crippen LogP contribution < -0.4 is 10.6 Å². The lowest BCUT2D eigenvalue weighted by Crippen LogP contribution is -2.26. The standard InChI is InChI=1S/C19H25N3O4S/c1-13(2)25-10-16-7-5-4-6-15(16)9-20-18(23)11-27-12-19(24)21-17-8-14(3)26-22-17/h4-8,13H,9-12H2,1-3H3,(H,20,23)(H,21,22,24). The summed E-state index contributed by atoms with van der Waals surface area (Å²) >= 11 is 1.24. The van der Waals surface area contributed by atoms with Crippen LogP contribution >= 0.6 is 11.8 Å². The Labute approximate surface area is 163 Å². The quantitative estimate of drug-likeness (QED) is 0.647. The van der Waals surface area contributed by atoms with Gasteiger partial charge in [-0.1, -0.05) is 29.4 Å². The highest BCUT2D eigenvalue weighted by Crippen LogP contribution is 2.12. The van der Waals surface area contributed by atoms with Crippen LogP contribution in [0.2, 0.25) is 0 Å². The molecular weight excluding hydrogens is 366 g/mol. The molecule has 2 amide bonds. The average Bonchev–Trinajstić information content (AvgIpc) is 3.03. The normalized spacial score (nSPS) is 10.8. The van der Waals surface area contributed by atoms with Crippen LogP contribution in [-0.2, 0) is 27.5 Å². The molecule has 0 aliphatic carbocycles. The van der Waals surface area contributed by atoms with E-state index in [2.05, 4.69) is 15.8 Å². The number of amides is 2. The highest BCUT2D eigenvalue weighted by atomic mass is 32.2. The van der Waals surface area contributed by atoms with Gasteiger partial charge in [0, 0.05) is 12.6 Å². The number of benzene rings is 1. The number of nitrogens with zero attached hydrogens (tertiary/aromatic N) is 1. The predicted octanol–water partition coefficient (Wildman–Crippen LogP) is 2.90. The molecule has 0 saturated carbocycles. The molecule has 1 heterocycles. The zero-order valence-corrected chi connectivity index (χ0v) is 16.6. The van der Waals surface area contributed by atoms with Crippen LogP contribution in [0, 0.1) is 6.92 Å². The zero-order valence-electron chi connectivity index (χ0n) is 15.8. The molecule has 146 valence electrons. The molecule has 0 atom stereocenters. The summed E-state index contributed by atoms with van der Waals surface area (Å²) in [6.45, 7) is 6.67. The minimum atomic E-state index is -0.225. The number of carbonyl (C=O) groups is 2. The van der Waals surface area contributed by atoms with E-state index in [0.717, 1.165) is 11.1 Å². The van der Waals surface area contributed by atoms with Gasteiger partial charge in [-0.25, -0.2) is 0 Å². The summed E-state index contributed by atoms with van der Waals surface area (Å²) in [5.74, 6) is 1.02. The number of carbonyl (C=O) groups excluding carboxylic acids is 2. The maximum absolute atomic E-state index is 12.0. The Morgan fingerprint density at radius 2 is 1.89 bits per heavy atom. The van der Waals surface area contributed by atoms with Gasteiger partial charge < -0.3 is 19.9 Å². The van der Waals surface area contributed by atoms with Gasteiger partial charge in [0.2, 0.25) is 11.8 Å². The summed E-state index contributed by atoms with van der Waals surface area (Å²) in [5.41, 5.74) is 2.08. The second kappa shape index (κ2) is 10.7. The van der Waals surface area contributed by atoms with E-state index in [9.17, 15) is 9.59 Å². The highest BCUT2D eigenvalue weighted by molar-refractivity contribution is 8.00. The summed E-state index contributed by atoms with van der Waals surface area (Å²) in [6.07, 6.45) is 0.149. The average molecular weight is 391 g/mol. The van der Waals surface area contributed by atoms with Gasteiger partial charge in [-0.05, 0) is 31.9 Å². The number of hydrogen-bond acceptors (Lipinski definition) is 6. The van der Waals surface area contributed by atoms with Gasteiger partial charge in [0.1, 0.15) is 5.76 Å². The fourth-order valence-electron chi connectivity index (χ4n) is 2.21. The van der Waals surface area contributed by atoms with Crippen molar-refractivity contribution in [3.8, 4) is 0 Å². The fraction of sp³-hybridized carbons (Fsp3) is 0.421. The molecule has 2 aromatic rings. The minimum absolute atomic E-state index is 0.121. The van der Waals surface area contributed by atoms with Crippen molar-refractivity contribution in [1.29, 1.82) is 0 Å². The molecule has 1 aromatic heterocycles. The molecule has 0 radical (unpaired) electrons. The zero-order chi connectivity index (χ0) is 19.6. The Morgan fingerprint density at radius 1 is 1.19 bits per heavy atom. The van der Waals surface area contributed by atoms with Crippen LogP contribution in [0.4, 0.5) is 5.82 Å². The number of thioether (sulfide) groups is 1. The van der Waals surface area contributed by atoms with Gasteiger partial charge in [0.05, 0.1) is 24.2 Å². The number of nitrogens with one attached hydrogen (secondary N) is 2. The van der Waals surface area contributed by atoms with Crippen LogP contribution in [0.5, 0.6) is 0 Å². The number of rotatable bonds is 10. The lowest BCUT2D eigenvalue weighted by atomic mass is 10.1. The number of anilines is 1. The van der Waals surface area contributed by atoms with E-state index in [1.54, 1.807) is 13.0 Å². The third-order valence-electron chi connectivity index (χ3n) is 3.53. The second-order valence-corrected chi connectivity index (χ2v) is 7.25. The second-order valence-electron chi connectivity index (χ2n) is 6.27. The summed E-state index contributed by atoms with van der Waals surface area (Å²) in [6, 6.07) is 9.49. The van der Waals surface area contributed by atoms with Crippen molar-refractivity contribution in [2.24, 2.45) is 0 Å². The Hall–Kier alpha value is -2.32. The molecule has 27 heavy (non-hydrogen) atoms. The van der Waals surface area contributed by atoms with Crippen molar-refractivity contribution in [2.75, 3.05) is 16.8 Å². The molecule has 7 nitrogen and oxygen atoms in total. The summed E-state index contributed by atoms with van der Waals surface area (Å²) in [7, 11) is 0. The van der Waals surface area contributed by atoms with Gasteiger partial charge in [-0.15, -0.1) is 11.8 Å². The van der Waals surface area contributed by atoms with Crippen molar-refractivity contribution in [3.63, 3.8) is 0 Å². The van der Waals surface area contributed by atoms with Crippen LogP contribution in [0.25, 0.3) is 0 Å². The minimum Gasteiger partial charge on any atom is -0.374 e. The molecule has 8 heteroatoms. The summed E-state index contributed by atoms with van der Waals surface area (Å²) < 4.78 is 10.5. The third-order valence-corrected chi connectivity index (χ3v) is 4.46. The van der Waals surface area contributed by atoms with E-state index in [1.807, 2.05) is 38.1 Å². The van der Waals surface area contributed by atoms with Crippen LogP contribution in [0.15, 0.2) is 34.9 Å². The fourth-order valence-corrected chi connectivity index (χ4v) is 2.86. The Kier molecular flexibility index (Phi) is 8.35. The molecule has 0 spiro atoms. The summed E-state index contributed by atoms with van der Waals surface area (Å²) in [5, 5.41) is 9.18. The summed E-state index contributed by atoms with van der Waals surface area (Å²) in [4.78, 5) is 23.8. The topological polar surface area (TPSA) is 93.5 Å². The van der Waals surface area contributed by atoms with Crippen molar-refractivity contribution in [3.05, 3.63) is 47.2 Å². The smallest absolute Gasteiger partial charge is 0.235 e. The van der Waals surface area contributed by atoms with Crippen LogP contribution in [0.3, 0.4) is 0 Å². The van der Waals surface area contributed by atoms with E-state index < -0.39 is 0 Å². The molecule has 0 saturated heterocycles. The Balaban J connectivity index is 1.69. The van der Waals surface area contributed by atoms with Crippen molar-refractivity contribution < 1.29 is 18.8 Å². The van der Waals surface area contributed by atoms with E-state index in [-0.39, 0.29) is 29.4 Å². The number of aromatic nitrogens is 1. The molecule has 0 unspecified atom stereocenters. The molecule has 0 fully saturated rings. The first-order valence-electron chi connectivity index (χ1n) is 8.70. The lowest BCUT2D eigenvalue weighted by Gasteiger charge is -2.13. The molecule has 1 aromatic carbocycles. The van der Waals surface area contributed by atoms with E-state index in [4.69, 9.17) is 9.26 Å². The van der Waals surface area contributed by atoms with Crippen molar-refractivity contribution in [2.45, 2.75) is 40.0 Å². The van der Waals surface area contributed by atoms with Gasteiger partial charge in [-0.2, -0.15) is 0 Å². The number of hydrogen-bond donors (Lipinski definition) is 2. The van der Waals surface area contributed by atoms with E-state index in [0.29, 0.717) is 24.7 Å². The van der Waals surface area contributed by atoms with Gasteiger partial charge in [-0.3, -0.25) is 9.59 Å². The van der Waals surface area contributed by atoms with Crippen molar-refractivity contribution >= 4 is 29.4 Å². The van der Waals surface area contributed by atoms with Gasteiger partial charge in [0.25, 0.3) is 0 Å². The van der Waals surface area contributed by atoms with Crippen LogP contribution in [-0.4, -0.2) is 34.6 Å². The molecule has 2 N–H and O–H groups in total. The Bertz CT molecular complexity index is 761. The largest absolute Gasteiger partial charge is 0.374 e. The maximum Gasteiger partial charge on any atom is 0.235 e. The number of aryl methyl sites for hydroxylation is 1. The number of ether oxygens (including phenoxy) is 1. The molecule has 0 aliphatic rings. The van der Waals surface area contributed by atoms with Gasteiger partial charge >= 0.3 is 0 Å². The third kappa shape index (κ3) is 7.84. The maximum atomic E-state index is 12.0. The first kappa shape index (κ1) is 21.0. The highest BCUT2D eigenvalue weighted by Gasteiger charge is 2.09. The Morgan fingerprint density at radius 3 is 2.56 bits per heavy atom. The molecule has 0 bridgehead atoms. The van der Waals surface area contributed by atoms with Crippen molar-refractivity contribution in [1.82, 2.24) is 10.5 Å². The molecule has 2 rings (SSSR count). The van der Waals surface area contributed by atoms with Gasteiger partial charge in [0.15, 0.2) is 5.82 Å². The van der Waals surface area contributed by atoms with E-state index in [1.165, 1.54) is 11.8 Å². The first-order valence-corrected chi connectivity index (χ1v) is 9.85. The predicted molar refractivity (Wildman–Crippen MR) is 105 cm³/mol. The molecule has 0 aliphatic heterocycles. The van der Waals surface area contributed by atoms with E-state index >= 15 is 0 Å². The monoisotopic (exact) mass is 391 g/mol. The van der Waals surface area contributed by atoms with Crippen LogP contribution in [0.1, 0.15) is 30.7 Å².